The highest BCUT2D eigenvalue weighted by molar-refractivity contribution is 7.89. The standard InChI is InChI=1S/C24H31N3O6S/c1-3-25-16-20(23(29)26-11-7-8-17(15-26)24(30)33-4-2)22(28)19-14-18(9-10-21(19)25)34(31,32)27-12-5-6-13-27/h9-10,14,16-17H,3-8,11-13,15H2,1-2H3. The van der Waals surface area contributed by atoms with E-state index in [9.17, 15) is 22.8 Å². The van der Waals surface area contributed by atoms with E-state index in [0.29, 0.717) is 44.5 Å². The smallest absolute Gasteiger partial charge is 0.310 e. The van der Waals surface area contributed by atoms with Crippen LogP contribution in [-0.4, -0.2) is 66.9 Å². The molecule has 2 aromatic rings. The van der Waals surface area contributed by atoms with Gasteiger partial charge in [-0.3, -0.25) is 14.4 Å². The number of likely N-dealkylation sites (tertiary alicyclic amines) is 1. The molecule has 9 nitrogen and oxygen atoms in total. The molecule has 10 heteroatoms. The second-order valence-electron chi connectivity index (χ2n) is 8.79. The third-order valence-corrected chi connectivity index (χ3v) is 8.55. The van der Waals surface area contributed by atoms with Crippen LogP contribution in [0.15, 0.2) is 34.1 Å². The number of nitrogens with zero attached hydrogens (tertiary/aromatic N) is 3. The number of hydrogen-bond acceptors (Lipinski definition) is 6. The van der Waals surface area contributed by atoms with Crippen LogP contribution >= 0.6 is 0 Å². The SMILES string of the molecule is CCOC(=O)C1CCCN(C(=O)c2cn(CC)c3ccc(S(=O)(=O)N4CCCC4)cc3c2=O)C1. The van der Waals surface area contributed by atoms with E-state index < -0.39 is 27.3 Å². The number of esters is 1. The summed E-state index contributed by atoms with van der Waals surface area (Å²) in [6.45, 7) is 5.99. The Morgan fingerprint density at radius 1 is 1.09 bits per heavy atom. The third-order valence-electron chi connectivity index (χ3n) is 6.65. The van der Waals surface area contributed by atoms with Gasteiger partial charge >= 0.3 is 5.97 Å². The average Bonchev–Trinajstić information content (AvgIpc) is 3.40. The number of benzene rings is 1. The molecule has 2 aliphatic rings. The minimum absolute atomic E-state index is 0.0189. The number of aryl methyl sites for hydroxylation is 1. The lowest BCUT2D eigenvalue weighted by Crippen LogP contribution is -2.44. The van der Waals surface area contributed by atoms with Crippen molar-refractivity contribution in [1.29, 1.82) is 0 Å². The minimum Gasteiger partial charge on any atom is -0.466 e. The second kappa shape index (κ2) is 9.87. The Balaban J connectivity index is 1.73. The van der Waals surface area contributed by atoms with Gasteiger partial charge in [0.1, 0.15) is 5.56 Å². The summed E-state index contributed by atoms with van der Waals surface area (Å²) in [5, 5.41) is 0.201. The van der Waals surface area contributed by atoms with Gasteiger partial charge in [-0.25, -0.2) is 8.42 Å². The number of hydrogen-bond donors (Lipinski definition) is 0. The molecular formula is C24H31N3O6S. The van der Waals surface area contributed by atoms with Gasteiger partial charge in [-0.15, -0.1) is 0 Å². The first-order chi connectivity index (χ1) is 16.3. The van der Waals surface area contributed by atoms with Crippen molar-refractivity contribution >= 4 is 32.8 Å². The van der Waals surface area contributed by atoms with Crippen LogP contribution in [-0.2, 0) is 26.1 Å². The average molecular weight is 490 g/mol. The highest BCUT2D eigenvalue weighted by Gasteiger charge is 2.32. The molecule has 4 rings (SSSR count). The molecule has 0 N–H and O–H groups in total. The maximum Gasteiger partial charge on any atom is 0.310 e. The van der Waals surface area contributed by atoms with Crippen molar-refractivity contribution in [3.63, 3.8) is 0 Å². The molecule has 0 bridgehead atoms. The number of carbonyl (C=O) groups is 2. The van der Waals surface area contributed by atoms with Crippen LogP contribution < -0.4 is 5.43 Å². The predicted octanol–water partition coefficient (Wildman–Crippen LogP) is 2.22. The van der Waals surface area contributed by atoms with Crippen molar-refractivity contribution in [2.75, 3.05) is 32.8 Å². The van der Waals surface area contributed by atoms with Crippen LogP contribution in [0, 0.1) is 5.92 Å². The highest BCUT2D eigenvalue weighted by Crippen LogP contribution is 2.25. The van der Waals surface area contributed by atoms with E-state index >= 15 is 0 Å². The van der Waals surface area contributed by atoms with E-state index in [-0.39, 0.29) is 35.0 Å². The summed E-state index contributed by atoms with van der Waals surface area (Å²) < 4.78 is 34.5. The monoisotopic (exact) mass is 489 g/mol. The Morgan fingerprint density at radius 2 is 1.82 bits per heavy atom. The molecule has 34 heavy (non-hydrogen) atoms. The lowest BCUT2D eigenvalue weighted by Gasteiger charge is -2.31. The Hall–Kier alpha value is -2.72. The molecule has 1 aromatic heterocycles. The number of piperidine rings is 1. The van der Waals surface area contributed by atoms with E-state index in [1.807, 2.05) is 6.92 Å². The van der Waals surface area contributed by atoms with Crippen LogP contribution in [0.2, 0.25) is 0 Å². The zero-order valence-corrected chi connectivity index (χ0v) is 20.5. The predicted molar refractivity (Wildman–Crippen MR) is 127 cm³/mol. The summed E-state index contributed by atoms with van der Waals surface area (Å²) in [5.74, 6) is -1.19. The van der Waals surface area contributed by atoms with Gasteiger partial charge in [-0.05, 0) is 57.7 Å². The molecule has 2 saturated heterocycles. The molecule has 1 aromatic carbocycles. The Labute approximate surface area is 199 Å². The lowest BCUT2D eigenvalue weighted by atomic mass is 9.97. The highest BCUT2D eigenvalue weighted by atomic mass is 32.2. The van der Waals surface area contributed by atoms with Crippen molar-refractivity contribution in [3.05, 3.63) is 40.2 Å². The van der Waals surface area contributed by atoms with E-state index in [1.165, 1.54) is 27.5 Å². The van der Waals surface area contributed by atoms with E-state index in [4.69, 9.17) is 4.74 Å². The van der Waals surface area contributed by atoms with E-state index in [2.05, 4.69) is 0 Å². The zero-order chi connectivity index (χ0) is 24.5. The topological polar surface area (TPSA) is 106 Å². The molecule has 0 aliphatic carbocycles. The molecule has 2 aliphatic heterocycles. The Kier molecular flexibility index (Phi) is 7.09. The molecule has 0 radical (unpaired) electrons. The van der Waals surface area contributed by atoms with Gasteiger partial charge in [-0.1, -0.05) is 0 Å². The van der Waals surface area contributed by atoms with E-state index in [1.54, 1.807) is 17.6 Å². The summed E-state index contributed by atoms with van der Waals surface area (Å²) in [7, 11) is -3.70. The van der Waals surface area contributed by atoms with Crippen molar-refractivity contribution in [3.8, 4) is 0 Å². The van der Waals surface area contributed by atoms with Crippen molar-refractivity contribution in [2.24, 2.45) is 5.92 Å². The summed E-state index contributed by atoms with van der Waals surface area (Å²) >= 11 is 0. The zero-order valence-electron chi connectivity index (χ0n) is 19.7. The number of sulfonamides is 1. The van der Waals surface area contributed by atoms with Gasteiger partial charge in [0.05, 0.1) is 22.9 Å². The number of ether oxygens (including phenoxy) is 1. The molecule has 2 fully saturated rings. The van der Waals surface area contributed by atoms with E-state index in [0.717, 1.165) is 12.8 Å². The molecule has 1 atom stereocenters. The van der Waals surface area contributed by atoms with Crippen molar-refractivity contribution in [1.82, 2.24) is 13.8 Å². The van der Waals surface area contributed by atoms with Crippen molar-refractivity contribution < 1.29 is 22.7 Å². The van der Waals surface area contributed by atoms with Gasteiger partial charge < -0.3 is 14.2 Å². The number of carbonyl (C=O) groups excluding carboxylic acids is 2. The van der Waals surface area contributed by atoms with Gasteiger partial charge in [0.15, 0.2) is 0 Å². The number of aromatic nitrogens is 1. The fraction of sp³-hybridized carbons (Fsp3) is 0.542. The van der Waals surface area contributed by atoms with Crippen LogP contribution in [0.25, 0.3) is 10.9 Å². The maximum atomic E-state index is 13.4. The Bertz CT molecular complexity index is 1260. The minimum atomic E-state index is -3.70. The molecule has 1 unspecified atom stereocenters. The molecule has 184 valence electrons. The third kappa shape index (κ3) is 4.48. The lowest BCUT2D eigenvalue weighted by molar-refractivity contribution is -0.149. The van der Waals surface area contributed by atoms with Gasteiger partial charge in [0.2, 0.25) is 15.5 Å². The van der Waals surface area contributed by atoms with Gasteiger partial charge in [-0.2, -0.15) is 4.31 Å². The fourth-order valence-electron chi connectivity index (χ4n) is 4.81. The number of pyridine rings is 1. The normalized spacial score (nSPS) is 19.5. The van der Waals surface area contributed by atoms with Crippen molar-refractivity contribution in [2.45, 2.75) is 51.0 Å². The van der Waals surface area contributed by atoms with Gasteiger partial charge in [0.25, 0.3) is 5.91 Å². The van der Waals surface area contributed by atoms with Crippen LogP contribution in [0.5, 0.6) is 0 Å². The molecular weight excluding hydrogens is 458 g/mol. The fourth-order valence-corrected chi connectivity index (χ4v) is 6.36. The van der Waals surface area contributed by atoms with Crippen LogP contribution in [0.1, 0.15) is 49.9 Å². The van der Waals surface area contributed by atoms with Crippen LogP contribution in [0.4, 0.5) is 0 Å². The number of amides is 1. The molecule has 0 saturated carbocycles. The summed E-state index contributed by atoms with van der Waals surface area (Å²) in [6, 6.07) is 4.55. The summed E-state index contributed by atoms with van der Waals surface area (Å²) in [6.07, 6.45) is 4.45. The molecule has 0 spiro atoms. The Morgan fingerprint density at radius 3 is 2.50 bits per heavy atom. The number of rotatable bonds is 6. The van der Waals surface area contributed by atoms with Crippen LogP contribution in [0.3, 0.4) is 0 Å². The summed E-state index contributed by atoms with van der Waals surface area (Å²) in [5.41, 5.74) is 0.0588. The first-order valence-electron chi connectivity index (χ1n) is 11.9. The number of fused-ring (bicyclic) bond motifs is 1. The maximum absolute atomic E-state index is 13.4. The molecule has 3 heterocycles. The van der Waals surface area contributed by atoms with Gasteiger partial charge in [0, 0.05) is 44.3 Å². The largest absolute Gasteiger partial charge is 0.466 e. The quantitative estimate of drug-likeness (QED) is 0.576. The second-order valence-corrected chi connectivity index (χ2v) is 10.7. The summed E-state index contributed by atoms with van der Waals surface area (Å²) in [4.78, 5) is 40.6. The first kappa shape index (κ1) is 24.4. The first-order valence-corrected chi connectivity index (χ1v) is 13.3. The molecule has 1 amide bonds.